The Kier molecular flexibility index (Phi) is 5.71. The van der Waals surface area contributed by atoms with E-state index in [1.165, 1.54) is 43.5 Å². The number of hydrogen-bond acceptors (Lipinski definition) is 3. The van der Waals surface area contributed by atoms with Gasteiger partial charge in [0.1, 0.15) is 5.75 Å². The number of anilines is 1. The molecule has 0 spiro atoms. The number of para-hydroxylation sites is 1. The molecular weight excluding hydrogens is 312 g/mol. The Hall–Kier alpha value is -2.33. The van der Waals surface area contributed by atoms with Crippen LogP contribution in [0.2, 0.25) is 0 Å². The van der Waals surface area contributed by atoms with E-state index in [1.54, 1.807) is 12.1 Å². The van der Waals surface area contributed by atoms with Crippen molar-refractivity contribution < 1.29 is 9.90 Å². The van der Waals surface area contributed by atoms with Gasteiger partial charge in [0.2, 0.25) is 0 Å². The van der Waals surface area contributed by atoms with Gasteiger partial charge in [0.25, 0.3) is 5.91 Å². The third-order valence-electron chi connectivity index (χ3n) is 5.06. The minimum atomic E-state index is -0.151. The number of carbonyl (C=O) groups is 1. The summed E-state index contributed by atoms with van der Waals surface area (Å²) in [6, 6.07) is 15.0. The van der Waals surface area contributed by atoms with Crippen molar-refractivity contribution in [2.45, 2.75) is 38.1 Å². The van der Waals surface area contributed by atoms with E-state index in [4.69, 9.17) is 0 Å². The van der Waals surface area contributed by atoms with Gasteiger partial charge in [-0.05, 0) is 75.2 Å². The van der Waals surface area contributed by atoms with Crippen molar-refractivity contribution in [2.75, 3.05) is 18.9 Å². The normalized spacial score (nSPS) is 18.0. The summed E-state index contributed by atoms with van der Waals surface area (Å²) in [7, 11) is 2.21. The second-order valence-electron chi connectivity index (χ2n) is 6.83. The summed E-state index contributed by atoms with van der Waals surface area (Å²) in [6.07, 6.45) is 5.95. The van der Waals surface area contributed by atoms with E-state index in [0.717, 1.165) is 18.5 Å². The van der Waals surface area contributed by atoms with E-state index in [2.05, 4.69) is 23.3 Å². The number of rotatable bonds is 5. The van der Waals surface area contributed by atoms with Crippen molar-refractivity contribution in [3.8, 4) is 5.75 Å². The van der Waals surface area contributed by atoms with Crippen molar-refractivity contribution in [2.24, 2.45) is 0 Å². The maximum absolute atomic E-state index is 12.4. The minimum Gasteiger partial charge on any atom is -0.508 e. The van der Waals surface area contributed by atoms with Gasteiger partial charge < -0.3 is 15.3 Å². The van der Waals surface area contributed by atoms with Crippen LogP contribution in [-0.4, -0.2) is 35.5 Å². The van der Waals surface area contributed by atoms with Crippen LogP contribution in [0.15, 0.2) is 48.5 Å². The first-order valence-electron chi connectivity index (χ1n) is 9.02. The zero-order valence-corrected chi connectivity index (χ0v) is 14.7. The average molecular weight is 338 g/mol. The van der Waals surface area contributed by atoms with Gasteiger partial charge in [0.05, 0.1) is 0 Å². The number of amides is 1. The molecule has 0 bridgehead atoms. The third-order valence-corrected chi connectivity index (χ3v) is 5.06. The van der Waals surface area contributed by atoms with Crippen LogP contribution >= 0.6 is 0 Å². The van der Waals surface area contributed by atoms with E-state index < -0.39 is 0 Å². The highest BCUT2D eigenvalue weighted by Gasteiger charge is 2.19. The second kappa shape index (κ2) is 8.17. The number of nitrogens with zero attached hydrogens (tertiary/aromatic N) is 1. The van der Waals surface area contributed by atoms with Crippen LogP contribution in [-0.2, 0) is 6.42 Å². The topological polar surface area (TPSA) is 52.6 Å². The number of nitrogens with one attached hydrogen (secondary N) is 1. The van der Waals surface area contributed by atoms with Crippen LogP contribution in [0.25, 0.3) is 0 Å². The van der Waals surface area contributed by atoms with E-state index >= 15 is 0 Å². The molecule has 3 rings (SSSR count). The summed E-state index contributed by atoms with van der Waals surface area (Å²) in [5, 5.41) is 12.4. The van der Waals surface area contributed by atoms with Crippen LogP contribution in [0.3, 0.4) is 0 Å². The van der Waals surface area contributed by atoms with Gasteiger partial charge in [-0.2, -0.15) is 0 Å². The maximum Gasteiger partial charge on any atom is 0.255 e. The Bertz CT molecular complexity index is 712. The molecule has 0 aromatic heterocycles. The molecule has 2 aromatic rings. The number of benzene rings is 2. The van der Waals surface area contributed by atoms with Crippen molar-refractivity contribution in [3.63, 3.8) is 0 Å². The summed E-state index contributed by atoms with van der Waals surface area (Å²) in [4.78, 5) is 14.9. The first-order chi connectivity index (χ1) is 12.1. The zero-order valence-electron chi connectivity index (χ0n) is 14.7. The lowest BCUT2D eigenvalue weighted by molar-refractivity contribution is 0.102. The highest BCUT2D eigenvalue weighted by molar-refractivity contribution is 6.04. The number of likely N-dealkylation sites (tertiary alicyclic amines) is 1. The molecule has 1 fully saturated rings. The first-order valence-corrected chi connectivity index (χ1v) is 9.02. The monoisotopic (exact) mass is 338 g/mol. The lowest BCUT2D eigenvalue weighted by Crippen LogP contribution is -2.36. The molecule has 1 atom stereocenters. The molecule has 0 radical (unpaired) electrons. The van der Waals surface area contributed by atoms with Crippen molar-refractivity contribution in [3.05, 3.63) is 59.7 Å². The Balaban J connectivity index is 1.66. The van der Waals surface area contributed by atoms with Gasteiger partial charge >= 0.3 is 0 Å². The fraction of sp³-hybridized carbons (Fsp3) is 0.381. The molecule has 1 amide bonds. The smallest absolute Gasteiger partial charge is 0.255 e. The molecule has 0 aliphatic carbocycles. The van der Waals surface area contributed by atoms with Crippen LogP contribution in [0.5, 0.6) is 5.75 Å². The molecule has 2 N–H and O–H groups in total. The highest BCUT2D eigenvalue weighted by atomic mass is 16.3. The number of carbonyl (C=O) groups excluding carboxylic acids is 1. The summed E-state index contributed by atoms with van der Waals surface area (Å²) in [6.45, 7) is 1.18. The van der Waals surface area contributed by atoms with E-state index in [9.17, 15) is 9.90 Å². The van der Waals surface area contributed by atoms with Crippen LogP contribution in [0, 0.1) is 0 Å². The molecule has 0 unspecified atom stereocenters. The van der Waals surface area contributed by atoms with E-state index in [1.807, 2.05) is 18.2 Å². The Labute approximate surface area is 149 Å². The third kappa shape index (κ3) is 4.60. The molecule has 132 valence electrons. The predicted molar refractivity (Wildman–Crippen MR) is 101 cm³/mol. The molecule has 4 heteroatoms. The average Bonchev–Trinajstić information content (AvgIpc) is 2.62. The maximum atomic E-state index is 12.4. The Morgan fingerprint density at radius 1 is 1.16 bits per heavy atom. The summed E-state index contributed by atoms with van der Waals surface area (Å²) >= 11 is 0. The lowest BCUT2D eigenvalue weighted by Gasteiger charge is -2.32. The standard InChI is InChI=1S/C21H26N2O2/c1-23-15-5-4-7-18(23)12-9-16-6-2-3-8-20(16)22-21(25)17-10-13-19(24)14-11-17/h2-3,6,8,10-11,13-14,18,24H,4-5,7,9,12,15H2,1H3,(H,22,25)/t18-/m1/s1. The Morgan fingerprint density at radius 2 is 1.92 bits per heavy atom. The first kappa shape index (κ1) is 17.5. The highest BCUT2D eigenvalue weighted by Crippen LogP contribution is 2.23. The van der Waals surface area contributed by atoms with Gasteiger partial charge in [-0.3, -0.25) is 4.79 Å². The van der Waals surface area contributed by atoms with Crippen molar-refractivity contribution in [1.82, 2.24) is 4.90 Å². The zero-order chi connectivity index (χ0) is 17.6. The minimum absolute atomic E-state index is 0.151. The van der Waals surface area contributed by atoms with E-state index in [-0.39, 0.29) is 11.7 Å². The van der Waals surface area contributed by atoms with Crippen molar-refractivity contribution >= 4 is 11.6 Å². The number of aryl methyl sites for hydroxylation is 1. The van der Waals surface area contributed by atoms with Crippen molar-refractivity contribution in [1.29, 1.82) is 0 Å². The van der Waals surface area contributed by atoms with E-state index in [0.29, 0.717) is 11.6 Å². The second-order valence-corrected chi connectivity index (χ2v) is 6.83. The number of aromatic hydroxyl groups is 1. The Morgan fingerprint density at radius 3 is 2.68 bits per heavy atom. The quantitative estimate of drug-likeness (QED) is 0.864. The van der Waals surface area contributed by atoms with Gasteiger partial charge in [-0.15, -0.1) is 0 Å². The molecule has 1 saturated heterocycles. The van der Waals surface area contributed by atoms with Crippen LogP contribution < -0.4 is 5.32 Å². The van der Waals surface area contributed by atoms with Gasteiger partial charge in [0.15, 0.2) is 0 Å². The number of phenols is 1. The molecule has 0 saturated carbocycles. The van der Waals surface area contributed by atoms with Crippen LogP contribution in [0.4, 0.5) is 5.69 Å². The summed E-state index contributed by atoms with van der Waals surface area (Å²) in [5.41, 5.74) is 2.59. The summed E-state index contributed by atoms with van der Waals surface area (Å²) in [5.74, 6) is 0.00999. The van der Waals surface area contributed by atoms with Gasteiger partial charge in [0, 0.05) is 17.3 Å². The molecule has 1 aliphatic heterocycles. The molecule has 2 aromatic carbocycles. The SMILES string of the molecule is CN1CCCC[C@@H]1CCc1ccccc1NC(=O)c1ccc(O)cc1. The largest absolute Gasteiger partial charge is 0.508 e. The number of piperidine rings is 1. The summed E-state index contributed by atoms with van der Waals surface area (Å²) < 4.78 is 0. The fourth-order valence-electron chi connectivity index (χ4n) is 3.50. The van der Waals surface area contributed by atoms with Crippen LogP contribution in [0.1, 0.15) is 41.6 Å². The molecular formula is C21H26N2O2. The molecule has 4 nitrogen and oxygen atoms in total. The molecule has 1 heterocycles. The lowest BCUT2D eigenvalue weighted by atomic mass is 9.96. The number of hydrogen-bond donors (Lipinski definition) is 2. The van der Waals surface area contributed by atoms with Gasteiger partial charge in [-0.25, -0.2) is 0 Å². The molecule has 25 heavy (non-hydrogen) atoms. The molecule has 1 aliphatic rings. The fourth-order valence-corrected chi connectivity index (χ4v) is 3.50. The number of phenolic OH excluding ortho intramolecular Hbond substituents is 1. The predicted octanol–water partition coefficient (Wildman–Crippen LogP) is 4.06. The van der Waals surface area contributed by atoms with Gasteiger partial charge in [-0.1, -0.05) is 24.6 Å².